The van der Waals surface area contributed by atoms with Crippen LogP contribution in [0.15, 0.2) is 0 Å². The molecule has 11 heavy (non-hydrogen) atoms. The highest BCUT2D eigenvalue weighted by Crippen LogP contribution is 2.28. The number of ether oxygens (including phenoxy) is 2. The van der Waals surface area contributed by atoms with Crippen molar-refractivity contribution in [3.63, 3.8) is 0 Å². The Labute approximate surface area is 60.7 Å². The minimum absolute atomic E-state index is 0.355. The maximum Gasteiger partial charge on any atom is 0.439 e. The molecule has 66 valence electrons. The largest absolute Gasteiger partial charge is 0.439 e. The summed E-state index contributed by atoms with van der Waals surface area (Å²) in [5.41, 5.74) is 0. The first-order valence-corrected chi connectivity index (χ1v) is 2.97. The van der Waals surface area contributed by atoms with E-state index in [0.29, 0.717) is 0 Å². The second-order valence-corrected chi connectivity index (χ2v) is 2.24. The first kappa shape index (κ1) is 8.76. The summed E-state index contributed by atoms with van der Waals surface area (Å²) in [6, 6.07) is 0. The molecule has 0 aliphatic carbocycles. The molecular weight excluding hydrogens is 165 g/mol. The number of rotatable bonds is 2. The second-order valence-electron chi connectivity index (χ2n) is 2.24. The molecule has 0 saturated carbocycles. The minimum atomic E-state index is -4.73. The highest BCUT2D eigenvalue weighted by molar-refractivity contribution is 4.72. The summed E-state index contributed by atoms with van der Waals surface area (Å²) in [5.74, 6) is 0. The molecule has 1 saturated heterocycles. The molecule has 0 aromatic heterocycles. The molecule has 1 heterocycles. The Hall–Kier alpha value is -0.330. The van der Waals surface area contributed by atoms with Crippen LogP contribution in [0.4, 0.5) is 13.2 Å². The van der Waals surface area contributed by atoms with Gasteiger partial charge in [-0.1, -0.05) is 0 Å². The van der Waals surface area contributed by atoms with Gasteiger partial charge in [0.1, 0.15) is 6.10 Å². The lowest BCUT2D eigenvalue weighted by molar-refractivity contribution is -0.304. The van der Waals surface area contributed by atoms with Crippen LogP contribution in [-0.2, 0) is 9.47 Å². The van der Waals surface area contributed by atoms with Gasteiger partial charge in [-0.05, 0) is 6.92 Å². The Bertz CT molecular complexity index is 146. The summed E-state index contributed by atoms with van der Waals surface area (Å²) >= 11 is 0. The highest BCUT2D eigenvalue weighted by Gasteiger charge is 2.46. The fourth-order valence-electron chi connectivity index (χ4n) is 0.513. The van der Waals surface area contributed by atoms with Crippen molar-refractivity contribution in [2.75, 3.05) is 0 Å². The fourth-order valence-corrected chi connectivity index (χ4v) is 0.513. The molecule has 0 amide bonds. The molecule has 3 unspecified atom stereocenters. The van der Waals surface area contributed by atoms with Gasteiger partial charge in [0.2, 0.25) is 0 Å². The van der Waals surface area contributed by atoms with Crippen molar-refractivity contribution in [1.29, 1.82) is 0 Å². The second kappa shape index (κ2) is 2.62. The number of aliphatic hydroxyl groups excluding tert-OH is 1. The van der Waals surface area contributed by atoms with Gasteiger partial charge in [0.05, 0.1) is 0 Å². The van der Waals surface area contributed by atoms with E-state index in [4.69, 9.17) is 5.11 Å². The summed E-state index contributed by atoms with van der Waals surface area (Å²) in [6.07, 6.45) is -8.73. The molecule has 1 aliphatic heterocycles. The molecule has 1 N–H and O–H groups in total. The van der Waals surface area contributed by atoms with Gasteiger partial charge in [0.25, 0.3) is 6.29 Å². The van der Waals surface area contributed by atoms with E-state index in [1.807, 2.05) is 0 Å². The molecule has 3 atom stereocenters. The first-order chi connectivity index (χ1) is 4.91. The zero-order valence-corrected chi connectivity index (χ0v) is 5.63. The van der Waals surface area contributed by atoms with E-state index in [1.165, 1.54) is 0 Å². The fraction of sp³-hybridized carbons (Fsp3) is 1.00. The minimum Gasteiger partial charge on any atom is -0.361 e. The number of alkyl halides is 3. The van der Waals surface area contributed by atoms with Gasteiger partial charge in [-0.2, -0.15) is 13.2 Å². The topological polar surface area (TPSA) is 42.0 Å². The van der Waals surface area contributed by atoms with Gasteiger partial charge in [-0.3, -0.25) is 0 Å². The Morgan fingerprint density at radius 1 is 1.55 bits per heavy atom. The molecule has 0 aromatic rings. The van der Waals surface area contributed by atoms with Gasteiger partial charge in [0.15, 0.2) is 6.29 Å². The van der Waals surface area contributed by atoms with Gasteiger partial charge in [0, 0.05) is 0 Å². The number of hydrogen-bond acceptors (Lipinski definition) is 3. The normalized spacial score (nSPS) is 33.5. The van der Waals surface area contributed by atoms with Crippen LogP contribution >= 0.6 is 0 Å². The third kappa shape index (κ3) is 2.32. The lowest BCUT2D eigenvalue weighted by Crippen LogP contribution is -2.32. The molecule has 1 aliphatic rings. The predicted molar refractivity (Wildman–Crippen MR) is 27.5 cm³/mol. The number of hydrogen-bond donors (Lipinski definition) is 1. The molecule has 6 heteroatoms. The summed E-state index contributed by atoms with van der Waals surface area (Å²) in [7, 11) is 0. The van der Waals surface area contributed by atoms with E-state index in [1.54, 1.807) is 6.92 Å². The van der Waals surface area contributed by atoms with Crippen LogP contribution in [0.3, 0.4) is 0 Å². The Morgan fingerprint density at radius 3 is 2.27 bits per heavy atom. The Morgan fingerprint density at radius 2 is 2.00 bits per heavy atom. The quantitative estimate of drug-likeness (QED) is 0.490. The average molecular weight is 172 g/mol. The smallest absolute Gasteiger partial charge is 0.361 e. The van der Waals surface area contributed by atoms with Crippen LogP contribution in [-0.4, -0.2) is 30.0 Å². The van der Waals surface area contributed by atoms with E-state index >= 15 is 0 Å². The molecular formula is C5H7F3O3. The molecule has 0 radical (unpaired) electrons. The van der Waals surface area contributed by atoms with Gasteiger partial charge in [-0.25, -0.2) is 0 Å². The van der Waals surface area contributed by atoms with Crippen molar-refractivity contribution >= 4 is 0 Å². The summed E-state index contributed by atoms with van der Waals surface area (Å²) in [4.78, 5) is 0. The summed E-state index contributed by atoms with van der Waals surface area (Å²) in [6.45, 7) is 1.55. The van der Waals surface area contributed by atoms with Crippen molar-refractivity contribution in [3.8, 4) is 0 Å². The first-order valence-electron chi connectivity index (χ1n) is 2.97. The molecule has 0 bridgehead atoms. The van der Waals surface area contributed by atoms with Crippen molar-refractivity contribution in [1.82, 2.24) is 0 Å². The van der Waals surface area contributed by atoms with Crippen molar-refractivity contribution in [2.24, 2.45) is 0 Å². The lowest BCUT2D eigenvalue weighted by atomic mass is 10.5. The summed E-state index contributed by atoms with van der Waals surface area (Å²) < 4.78 is 43.1. The standard InChI is InChI=1S/C5H7F3O3/c1-2-3(10-2)11-4(9)5(6,7)8/h2-4,9H,1H3. The Kier molecular flexibility index (Phi) is 2.08. The van der Waals surface area contributed by atoms with Crippen molar-refractivity contribution in [2.45, 2.75) is 31.8 Å². The van der Waals surface area contributed by atoms with Crippen LogP contribution in [0.2, 0.25) is 0 Å². The van der Waals surface area contributed by atoms with E-state index in [0.717, 1.165) is 0 Å². The number of halogens is 3. The SMILES string of the molecule is CC1OC1OC(O)C(F)(F)F. The van der Waals surface area contributed by atoms with Crippen LogP contribution in [0.1, 0.15) is 6.92 Å². The highest BCUT2D eigenvalue weighted by atomic mass is 19.4. The predicted octanol–water partition coefficient (Wildman–Crippen LogP) is 0.629. The third-order valence-corrected chi connectivity index (χ3v) is 1.20. The maximum atomic E-state index is 11.5. The molecule has 0 spiro atoms. The zero-order chi connectivity index (χ0) is 8.65. The molecule has 3 nitrogen and oxygen atoms in total. The van der Waals surface area contributed by atoms with Crippen LogP contribution in [0.25, 0.3) is 0 Å². The van der Waals surface area contributed by atoms with E-state index in [-0.39, 0.29) is 6.10 Å². The van der Waals surface area contributed by atoms with Crippen LogP contribution < -0.4 is 0 Å². The average Bonchev–Trinajstić information content (AvgIpc) is 2.44. The van der Waals surface area contributed by atoms with Crippen molar-refractivity contribution < 1.29 is 27.8 Å². The molecule has 1 fully saturated rings. The Balaban J connectivity index is 2.26. The molecule has 1 rings (SSSR count). The van der Waals surface area contributed by atoms with E-state index in [9.17, 15) is 13.2 Å². The van der Waals surface area contributed by atoms with Gasteiger partial charge < -0.3 is 14.6 Å². The van der Waals surface area contributed by atoms with Crippen molar-refractivity contribution in [3.05, 3.63) is 0 Å². The van der Waals surface area contributed by atoms with Gasteiger partial charge >= 0.3 is 6.18 Å². The third-order valence-electron chi connectivity index (χ3n) is 1.20. The van der Waals surface area contributed by atoms with E-state index in [2.05, 4.69) is 9.47 Å². The van der Waals surface area contributed by atoms with Crippen LogP contribution in [0, 0.1) is 0 Å². The maximum absolute atomic E-state index is 11.5. The zero-order valence-electron chi connectivity index (χ0n) is 5.63. The lowest BCUT2D eigenvalue weighted by Gasteiger charge is -2.12. The summed E-state index contributed by atoms with van der Waals surface area (Å²) in [5, 5.41) is 8.29. The monoisotopic (exact) mass is 172 g/mol. The van der Waals surface area contributed by atoms with Crippen LogP contribution in [0.5, 0.6) is 0 Å². The number of epoxide rings is 1. The van der Waals surface area contributed by atoms with E-state index < -0.39 is 18.8 Å². The van der Waals surface area contributed by atoms with Gasteiger partial charge in [-0.15, -0.1) is 0 Å². The number of aliphatic hydroxyl groups is 1. The molecule has 0 aromatic carbocycles.